The van der Waals surface area contributed by atoms with Gasteiger partial charge in [0.2, 0.25) is 5.88 Å². The molecule has 0 saturated heterocycles. The topological polar surface area (TPSA) is 35.0 Å². The van der Waals surface area contributed by atoms with E-state index < -0.39 is 0 Å². The molecule has 0 amide bonds. The molecule has 1 fully saturated rings. The highest BCUT2D eigenvalue weighted by Crippen LogP contribution is 2.50. The van der Waals surface area contributed by atoms with Gasteiger partial charge in [0.05, 0.1) is 12.5 Å². The third kappa shape index (κ3) is 1.63. The van der Waals surface area contributed by atoms with Crippen molar-refractivity contribution in [3.63, 3.8) is 0 Å². The highest BCUT2D eigenvalue weighted by atomic mass is 32.1. The van der Waals surface area contributed by atoms with Crippen LogP contribution in [0.4, 0.5) is 0 Å². The van der Waals surface area contributed by atoms with Gasteiger partial charge < -0.3 is 4.74 Å². The molecule has 0 N–H and O–H groups in total. The first-order valence-electron chi connectivity index (χ1n) is 5.76. The maximum absolute atomic E-state index is 5.18. The van der Waals surface area contributed by atoms with Crippen molar-refractivity contribution in [2.45, 2.75) is 24.7 Å². The Morgan fingerprint density at radius 2 is 2.29 bits per heavy atom. The number of hydrogen-bond donors (Lipinski definition) is 0. The zero-order valence-corrected chi connectivity index (χ0v) is 10.5. The molecule has 4 heteroatoms. The summed E-state index contributed by atoms with van der Waals surface area (Å²) in [6.45, 7) is 0. The molecular weight excluding hydrogens is 232 g/mol. The molecule has 0 radical (unpaired) electrons. The lowest BCUT2D eigenvalue weighted by molar-refractivity contribution is 0.296. The molecule has 0 aromatic carbocycles. The number of pyridine rings is 1. The van der Waals surface area contributed by atoms with Gasteiger partial charge in [-0.15, -0.1) is 11.3 Å². The Labute approximate surface area is 105 Å². The lowest BCUT2D eigenvalue weighted by atomic mass is 9.65. The van der Waals surface area contributed by atoms with E-state index in [-0.39, 0.29) is 5.41 Å². The van der Waals surface area contributed by atoms with E-state index in [0.29, 0.717) is 0 Å². The SMILES string of the molecule is COc1csc(C2(c3cccnc3)CCC2)n1. The van der Waals surface area contributed by atoms with E-state index >= 15 is 0 Å². The summed E-state index contributed by atoms with van der Waals surface area (Å²) in [4.78, 5) is 8.80. The van der Waals surface area contributed by atoms with Gasteiger partial charge in [0.1, 0.15) is 5.01 Å². The first kappa shape index (κ1) is 10.7. The molecule has 0 atom stereocenters. The molecule has 88 valence electrons. The van der Waals surface area contributed by atoms with Crippen LogP contribution in [0.15, 0.2) is 29.9 Å². The summed E-state index contributed by atoms with van der Waals surface area (Å²) >= 11 is 1.69. The van der Waals surface area contributed by atoms with Gasteiger partial charge in [0, 0.05) is 17.8 Å². The van der Waals surface area contributed by atoms with E-state index in [1.807, 2.05) is 23.8 Å². The molecule has 0 bridgehead atoms. The van der Waals surface area contributed by atoms with Crippen molar-refractivity contribution in [1.82, 2.24) is 9.97 Å². The van der Waals surface area contributed by atoms with E-state index in [1.54, 1.807) is 18.4 Å². The van der Waals surface area contributed by atoms with Gasteiger partial charge >= 0.3 is 0 Å². The number of rotatable bonds is 3. The van der Waals surface area contributed by atoms with Gasteiger partial charge in [-0.2, -0.15) is 0 Å². The van der Waals surface area contributed by atoms with Crippen LogP contribution in [0.5, 0.6) is 5.88 Å². The Bertz CT molecular complexity index is 505. The molecule has 3 nitrogen and oxygen atoms in total. The second-order valence-corrected chi connectivity index (χ2v) is 5.23. The summed E-state index contributed by atoms with van der Waals surface area (Å²) in [5.74, 6) is 0.722. The molecule has 0 unspecified atom stereocenters. The minimum absolute atomic E-state index is 0.0930. The van der Waals surface area contributed by atoms with Gasteiger partial charge in [-0.05, 0) is 24.5 Å². The predicted octanol–water partition coefficient (Wildman–Crippen LogP) is 3.02. The van der Waals surface area contributed by atoms with Crippen molar-refractivity contribution in [1.29, 1.82) is 0 Å². The van der Waals surface area contributed by atoms with Gasteiger partial charge in [-0.3, -0.25) is 4.98 Å². The third-order valence-electron chi connectivity index (χ3n) is 3.52. The fraction of sp³-hybridized carbons (Fsp3) is 0.385. The zero-order chi connectivity index (χ0) is 11.7. The quantitative estimate of drug-likeness (QED) is 0.835. The fourth-order valence-corrected chi connectivity index (χ4v) is 3.43. The van der Waals surface area contributed by atoms with Crippen LogP contribution < -0.4 is 4.74 Å². The van der Waals surface area contributed by atoms with Gasteiger partial charge in [0.15, 0.2) is 0 Å². The van der Waals surface area contributed by atoms with Gasteiger partial charge in [-0.1, -0.05) is 12.5 Å². The van der Waals surface area contributed by atoms with Crippen LogP contribution in [-0.4, -0.2) is 17.1 Å². The minimum atomic E-state index is 0.0930. The number of hydrogen-bond acceptors (Lipinski definition) is 4. The molecule has 2 aromatic rings. The highest BCUT2D eigenvalue weighted by Gasteiger charge is 2.43. The largest absolute Gasteiger partial charge is 0.480 e. The summed E-state index contributed by atoms with van der Waals surface area (Å²) in [7, 11) is 1.66. The molecule has 0 spiro atoms. The number of methoxy groups -OCH3 is 1. The van der Waals surface area contributed by atoms with Gasteiger partial charge in [0.25, 0.3) is 0 Å². The Morgan fingerprint density at radius 1 is 1.41 bits per heavy atom. The molecule has 1 aliphatic rings. The standard InChI is InChI=1S/C13H14N2OS/c1-16-11-9-17-12(15-11)13(5-3-6-13)10-4-2-7-14-8-10/h2,4,7-9H,3,5-6H2,1H3. The minimum Gasteiger partial charge on any atom is -0.480 e. The number of thiazole rings is 1. The Kier molecular flexibility index (Phi) is 2.59. The molecule has 0 aliphatic heterocycles. The molecule has 17 heavy (non-hydrogen) atoms. The Balaban J connectivity index is 2.02. The molecule has 2 aromatic heterocycles. The zero-order valence-electron chi connectivity index (χ0n) is 9.72. The first-order valence-corrected chi connectivity index (χ1v) is 6.64. The summed E-state index contributed by atoms with van der Waals surface area (Å²) in [5.41, 5.74) is 1.37. The maximum Gasteiger partial charge on any atom is 0.224 e. The average molecular weight is 246 g/mol. The van der Waals surface area contributed by atoms with Crippen molar-refractivity contribution >= 4 is 11.3 Å². The molecule has 1 aliphatic carbocycles. The van der Waals surface area contributed by atoms with Crippen molar-refractivity contribution < 1.29 is 4.74 Å². The van der Waals surface area contributed by atoms with E-state index in [4.69, 9.17) is 4.74 Å². The van der Waals surface area contributed by atoms with Crippen molar-refractivity contribution in [3.8, 4) is 5.88 Å². The van der Waals surface area contributed by atoms with Crippen LogP contribution >= 0.6 is 11.3 Å². The third-order valence-corrected chi connectivity index (χ3v) is 4.55. The lowest BCUT2D eigenvalue weighted by Crippen LogP contribution is -2.35. The maximum atomic E-state index is 5.18. The number of ether oxygens (including phenoxy) is 1. The number of nitrogens with zero attached hydrogens (tertiary/aromatic N) is 2. The van der Waals surface area contributed by atoms with E-state index in [0.717, 1.165) is 23.7 Å². The smallest absolute Gasteiger partial charge is 0.224 e. The molecular formula is C13H14N2OS. The highest BCUT2D eigenvalue weighted by molar-refractivity contribution is 7.10. The van der Waals surface area contributed by atoms with Crippen molar-refractivity contribution in [3.05, 3.63) is 40.5 Å². The van der Waals surface area contributed by atoms with E-state index in [1.165, 1.54) is 12.0 Å². The predicted molar refractivity (Wildman–Crippen MR) is 67.5 cm³/mol. The van der Waals surface area contributed by atoms with Gasteiger partial charge in [-0.25, -0.2) is 4.98 Å². The number of aromatic nitrogens is 2. The van der Waals surface area contributed by atoms with Crippen molar-refractivity contribution in [2.24, 2.45) is 0 Å². The summed E-state index contributed by atoms with van der Waals surface area (Å²) in [6, 6.07) is 4.15. The van der Waals surface area contributed by atoms with Crippen LogP contribution in [0.1, 0.15) is 29.8 Å². The monoisotopic (exact) mass is 246 g/mol. The second kappa shape index (κ2) is 4.11. The van der Waals surface area contributed by atoms with Crippen LogP contribution in [0.3, 0.4) is 0 Å². The van der Waals surface area contributed by atoms with Crippen LogP contribution in [0, 0.1) is 0 Å². The van der Waals surface area contributed by atoms with Crippen molar-refractivity contribution in [2.75, 3.05) is 7.11 Å². The second-order valence-electron chi connectivity index (χ2n) is 4.37. The average Bonchev–Trinajstić information content (AvgIpc) is 2.78. The molecule has 3 rings (SSSR count). The summed E-state index contributed by atoms with van der Waals surface area (Å²) in [6.07, 6.45) is 7.37. The summed E-state index contributed by atoms with van der Waals surface area (Å²) in [5, 5.41) is 3.14. The van der Waals surface area contributed by atoms with Crippen LogP contribution in [0.2, 0.25) is 0 Å². The normalized spacial score (nSPS) is 17.5. The molecule has 1 saturated carbocycles. The Hall–Kier alpha value is -1.42. The van der Waals surface area contributed by atoms with E-state index in [2.05, 4.69) is 16.0 Å². The lowest BCUT2D eigenvalue weighted by Gasteiger charge is -2.40. The first-order chi connectivity index (χ1) is 8.35. The van der Waals surface area contributed by atoms with E-state index in [9.17, 15) is 0 Å². The molecule has 2 heterocycles. The van der Waals surface area contributed by atoms with Crippen LogP contribution in [0.25, 0.3) is 0 Å². The summed E-state index contributed by atoms with van der Waals surface area (Å²) < 4.78 is 5.18. The van der Waals surface area contributed by atoms with Crippen LogP contribution in [-0.2, 0) is 5.41 Å². The fourth-order valence-electron chi connectivity index (χ4n) is 2.37. The Morgan fingerprint density at radius 3 is 2.82 bits per heavy atom.